The van der Waals surface area contributed by atoms with Gasteiger partial charge in [-0.15, -0.1) is 0 Å². The molecule has 1 aromatic heterocycles. The number of nitrogens with zero attached hydrogens (tertiary/aromatic N) is 1. The molecule has 0 radical (unpaired) electrons. The molecule has 2 aromatic carbocycles. The van der Waals surface area contributed by atoms with Crippen molar-refractivity contribution in [3.8, 4) is 0 Å². The minimum Gasteiger partial charge on any atom is -0.392 e. The fraction of sp³-hybridized carbons (Fsp3) is 0.333. The molecule has 1 heterocycles. The van der Waals surface area contributed by atoms with E-state index >= 15 is 0 Å². The van der Waals surface area contributed by atoms with Crippen LogP contribution in [0.2, 0.25) is 0 Å². The van der Waals surface area contributed by atoms with Gasteiger partial charge in [-0.25, -0.2) is 0 Å². The molecule has 0 saturated carbocycles. The van der Waals surface area contributed by atoms with Gasteiger partial charge in [0, 0.05) is 34.9 Å². The van der Waals surface area contributed by atoms with Gasteiger partial charge in [0.2, 0.25) is 0 Å². The van der Waals surface area contributed by atoms with Crippen molar-refractivity contribution in [2.45, 2.75) is 25.7 Å². The second-order valence-electron chi connectivity index (χ2n) is 5.81. The summed E-state index contributed by atoms with van der Waals surface area (Å²) < 4.78 is 2.17. The van der Waals surface area contributed by atoms with Gasteiger partial charge in [0.1, 0.15) is 0 Å². The Labute approximate surface area is 130 Å². The molecule has 116 valence electrons. The zero-order valence-electron chi connectivity index (χ0n) is 12.7. The molecule has 0 aliphatic heterocycles. The highest BCUT2D eigenvalue weighted by molar-refractivity contribution is 6.07. The maximum absolute atomic E-state index is 10.3. The molecule has 22 heavy (non-hydrogen) atoms. The average molecular weight is 298 g/mol. The van der Waals surface area contributed by atoms with Crippen LogP contribution in [0.5, 0.6) is 0 Å². The van der Waals surface area contributed by atoms with Gasteiger partial charge >= 0.3 is 0 Å². The van der Waals surface area contributed by atoms with Crippen molar-refractivity contribution in [1.29, 1.82) is 0 Å². The number of para-hydroxylation sites is 2. The van der Waals surface area contributed by atoms with Gasteiger partial charge in [0.25, 0.3) is 0 Å². The first-order chi connectivity index (χ1) is 10.7. The normalized spacial score (nSPS) is 14.5. The summed E-state index contributed by atoms with van der Waals surface area (Å²) in [6.07, 6.45) is -0.904. The van der Waals surface area contributed by atoms with Gasteiger partial charge < -0.3 is 20.1 Å². The van der Waals surface area contributed by atoms with Crippen molar-refractivity contribution in [3.63, 3.8) is 0 Å². The van der Waals surface area contributed by atoms with E-state index in [0.717, 1.165) is 11.0 Å². The monoisotopic (exact) mass is 298 g/mol. The molecule has 4 heteroatoms. The summed E-state index contributed by atoms with van der Waals surface area (Å²) in [7, 11) is 0. The fourth-order valence-electron chi connectivity index (χ4n) is 2.93. The van der Waals surface area contributed by atoms with Crippen molar-refractivity contribution in [3.05, 3.63) is 48.5 Å². The van der Waals surface area contributed by atoms with E-state index in [1.54, 1.807) is 6.92 Å². The first-order valence-electron chi connectivity index (χ1n) is 7.69. The van der Waals surface area contributed by atoms with Crippen LogP contribution in [0, 0.1) is 0 Å². The van der Waals surface area contributed by atoms with E-state index < -0.39 is 12.2 Å². The topological polar surface area (TPSA) is 57.4 Å². The Bertz CT molecular complexity index is 711. The highest BCUT2D eigenvalue weighted by Crippen LogP contribution is 2.28. The summed E-state index contributed by atoms with van der Waals surface area (Å²) in [6.45, 7) is 3.21. The van der Waals surface area contributed by atoms with Crippen molar-refractivity contribution in [2.24, 2.45) is 0 Å². The quantitative estimate of drug-likeness (QED) is 0.653. The Morgan fingerprint density at radius 3 is 2.00 bits per heavy atom. The predicted molar refractivity (Wildman–Crippen MR) is 90.0 cm³/mol. The third-order valence-corrected chi connectivity index (χ3v) is 3.89. The molecule has 3 N–H and O–H groups in total. The largest absolute Gasteiger partial charge is 0.392 e. The third-order valence-electron chi connectivity index (χ3n) is 3.89. The molecule has 0 spiro atoms. The molecule has 0 aliphatic rings. The van der Waals surface area contributed by atoms with E-state index in [4.69, 9.17) is 0 Å². The Kier molecular flexibility index (Phi) is 4.43. The van der Waals surface area contributed by atoms with Gasteiger partial charge in [-0.05, 0) is 19.1 Å². The number of aliphatic hydroxyl groups is 2. The molecular formula is C18H22N2O2. The van der Waals surface area contributed by atoms with E-state index in [0.29, 0.717) is 19.6 Å². The number of aromatic nitrogens is 1. The van der Waals surface area contributed by atoms with Crippen molar-refractivity contribution in [1.82, 2.24) is 9.88 Å². The molecule has 0 aliphatic carbocycles. The van der Waals surface area contributed by atoms with E-state index in [9.17, 15) is 10.2 Å². The molecule has 0 bridgehead atoms. The Balaban J connectivity index is 1.88. The molecule has 0 saturated heterocycles. The smallest absolute Gasteiger partial charge is 0.0843 e. The number of aliphatic hydroxyl groups excluding tert-OH is 2. The molecule has 3 rings (SSSR count). The zero-order valence-corrected chi connectivity index (χ0v) is 12.7. The second-order valence-corrected chi connectivity index (χ2v) is 5.81. The minimum absolute atomic E-state index is 0.402. The Morgan fingerprint density at radius 1 is 0.909 bits per heavy atom. The molecule has 0 fully saturated rings. The third kappa shape index (κ3) is 2.99. The first kappa shape index (κ1) is 15.0. The Hall–Kier alpha value is -1.88. The van der Waals surface area contributed by atoms with Crippen LogP contribution in [0.25, 0.3) is 21.8 Å². The van der Waals surface area contributed by atoms with E-state index in [1.807, 2.05) is 24.3 Å². The number of benzene rings is 2. The number of hydrogen-bond donors (Lipinski definition) is 3. The summed E-state index contributed by atoms with van der Waals surface area (Å²) in [5.74, 6) is 0. The van der Waals surface area contributed by atoms with Crippen LogP contribution in [0.3, 0.4) is 0 Å². The molecule has 2 atom stereocenters. The lowest BCUT2D eigenvalue weighted by Gasteiger charge is -2.15. The number of fused-ring (bicyclic) bond motifs is 3. The lowest BCUT2D eigenvalue weighted by atomic mass is 10.2. The van der Waals surface area contributed by atoms with Crippen LogP contribution < -0.4 is 5.32 Å². The lowest BCUT2D eigenvalue weighted by Crippen LogP contribution is -2.34. The molecule has 4 nitrogen and oxygen atoms in total. The number of hydrogen-bond acceptors (Lipinski definition) is 3. The summed E-state index contributed by atoms with van der Waals surface area (Å²) >= 11 is 0. The zero-order chi connectivity index (χ0) is 15.5. The summed E-state index contributed by atoms with van der Waals surface area (Å²) in [5.41, 5.74) is 2.27. The van der Waals surface area contributed by atoms with Gasteiger partial charge in [-0.2, -0.15) is 0 Å². The second kappa shape index (κ2) is 6.48. The highest BCUT2D eigenvalue weighted by atomic mass is 16.3. The van der Waals surface area contributed by atoms with Crippen molar-refractivity contribution < 1.29 is 10.2 Å². The summed E-state index contributed by atoms with van der Waals surface area (Å²) in [6, 6.07) is 16.5. The molecule has 3 aromatic rings. The van der Waals surface area contributed by atoms with E-state index in [-0.39, 0.29) is 0 Å². The van der Waals surface area contributed by atoms with Crippen molar-refractivity contribution in [2.75, 3.05) is 13.1 Å². The van der Waals surface area contributed by atoms with E-state index in [2.05, 4.69) is 34.1 Å². The van der Waals surface area contributed by atoms with Gasteiger partial charge in [-0.3, -0.25) is 0 Å². The lowest BCUT2D eigenvalue weighted by molar-refractivity contribution is 0.141. The standard InChI is InChI=1S/C18H22N2O2/c1-13(21)10-19-11-14(22)12-20-17-8-4-2-6-15(17)16-7-3-5-9-18(16)20/h2-9,13-14,19,21-22H,10-12H2,1H3. The van der Waals surface area contributed by atoms with Crippen LogP contribution in [-0.2, 0) is 6.54 Å². The van der Waals surface area contributed by atoms with Crippen LogP contribution in [0.4, 0.5) is 0 Å². The highest BCUT2D eigenvalue weighted by Gasteiger charge is 2.13. The maximum atomic E-state index is 10.3. The predicted octanol–water partition coefficient (Wildman–Crippen LogP) is 2.13. The summed E-state index contributed by atoms with van der Waals surface area (Å²) in [4.78, 5) is 0. The molecule has 2 unspecified atom stereocenters. The van der Waals surface area contributed by atoms with Gasteiger partial charge in [-0.1, -0.05) is 36.4 Å². The number of nitrogens with one attached hydrogen (secondary N) is 1. The fourth-order valence-corrected chi connectivity index (χ4v) is 2.93. The van der Waals surface area contributed by atoms with Gasteiger partial charge in [0.05, 0.1) is 18.8 Å². The maximum Gasteiger partial charge on any atom is 0.0843 e. The van der Waals surface area contributed by atoms with Crippen LogP contribution in [0.1, 0.15) is 6.92 Å². The Morgan fingerprint density at radius 2 is 1.45 bits per heavy atom. The van der Waals surface area contributed by atoms with E-state index in [1.165, 1.54) is 10.8 Å². The average Bonchev–Trinajstić information content (AvgIpc) is 2.82. The SMILES string of the molecule is CC(O)CNCC(O)Cn1c2ccccc2c2ccccc21. The van der Waals surface area contributed by atoms with Gasteiger partial charge in [0.15, 0.2) is 0 Å². The molecular weight excluding hydrogens is 276 g/mol. The van der Waals surface area contributed by atoms with Crippen LogP contribution in [0.15, 0.2) is 48.5 Å². The van der Waals surface area contributed by atoms with Crippen molar-refractivity contribution >= 4 is 21.8 Å². The van der Waals surface area contributed by atoms with Crippen LogP contribution in [-0.4, -0.2) is 40.1 Å². The minimum atomic E-state index is -0.502. The number of rotatable bonds is 6. The molecule has 0 amide bonds. The first-order valence-corrected chi connectivity index (χ1v) is 7.69. The summed E-state index contributed by atoms with van der Waals surface area (Å²) in [5, 5.41) is 25.0. The van der Waals surface area contributed by atoms with Crippen LogP contribution >= 0.6 is 0 Å².